The van der Waals surface area contributed by atoms with Gasteiger partial charge in [-0.1, -0.05) is 29.8 Å². The Morgan fingerprint density at radius 3 is 2.80 bits per heavy atom. The molecular weight excluding hydrogens is 274 g/mol. The summed E-state index contributed by atoms with van der Waals surface area (Å²) in [6.45, 7) is 0. The molecule has 0 spiro atoms. The van der Waals surface area contributed by atoms with Gasteiger partial charge in [-0.3, -0.25) is 9.78 Å². The van der Waals surface area contributed by atoms with Crippen LogP contribution in [0.2, 0.25) is 5.15 Å². The van der Waals surface area contributed by atoms with Gasteiger partial charge in [-0.15, -0.1) is 0 Å². The number of rotatable bonds is 3. The van der Waals surface area contributed by atoms with Crippen LogP contribution in [0.3, 0.4) is 0 Å². The fourth-order valence-electron chi connectivity index (χ4n) is 2.15. The number of pyridine rings is 1. The number of hydrogen-bond acceptors (Lipinski definition) is 4. The summed E-state index contributed by atoms with van der Waals surface area (Å²) in [6, 6.07) is 9.78. The largest absolute Gasteiger partial charge is 0.298 e. The van der Waals surface area contributed by atoms with E-state index in [0.29, 0.717) is 24.0 Å². The molecule has 0 aliphatic rings. The summed E-state index contributed by atoms with van der Waals surface area (Å²) in [5, 5.41) is 1.23. The standard InChI is InChI=1S/C15H10ClN3O/c16-15-12(8-20)14(18-9-19-15)7-10-5-6-17-13-4-2-1-3-11(10)13/h1-6,8-9H,7H2. The van der Waals surface area contributed by atoms with Crippen molar-refractivity contribution in [3.8, 4) is 0 Å². The minimum Gasteiger partial charge on any atom is -0.298 e. The molecule has 0 radical (unpaired) electrons. The van der Waals surface area contributed by atoms with E-state index in [4.69, 9.17) is 11.6 Å². The molecule has 0 amide bonds. The average Bonchev–Trinajstić information content (AvgIpc) is 2.48. The summed E-state index contributed by atoms with van der Waals surface area (Å²) in [6.07, 6.45) is 4.33. The summed E-state index contributed by atoms with van der Waals surface area (Å²) in [7, 11) is 0. The molecule has 1 aromatic carbocycles. The molecule has 0 atom stereocenters. The van der Waals surface area contributed by atoms with Crippen LogP contribution in [0.4, 0.5) is 0 Å². The molecule has 4 nitrogen and oxygen atoms in total. The van der Waals surface area contributed by atoms with Crippen molar-refractivity contribution in [3.05, 3.63) is 64.8 Å². The lowest BCUT2D eigenvalue weighted by Gasteiger charge is -2.07. The quantitative estimate of drug-likeness (QED) is 0.547. The van der Waals surface area contributed by atoms with Crippen molar-refractivity contribution in [1.29, 1.82) is 0 Å². The molecule has 98 valence electrons. The van der Waals surface area contributed by atoms with Gasteiger partial charge in [0.05, 0.1) is 16.8 Å². The number of hydrogen-bond donors (Lipinski definition) is 0. The van der Waals surface area contributed by atoms with E-state index in [1.54, 1.807) is 6.20 Å². The number of nitrogens with zero attached hydrogens (tertiary/aromatic N) is 3. The highest BCUT2D eigenvalue weighted by Crippen LogP contribution is 2.21. The van der Waals surface area contributed by atoms with Gasteiger partial charge in [0.15, 0.2) is 6.29 Å². The smallest absolute Gasteiger partial charge is 0.155 e. The molecule has 0 N–H and O–H groups in total. The molecule has 0 fully saturated rings. The normalized spacial score (nSPS) is 10.7. The zero-order chi connectivity index (χ0) is 13.9. The molecule has 0 unspecified atom stereocenters. The molecule has 0 aliphatic heterocycles. The third-order valence-electron chi connectivity index (χ3n) is 3.13. The number of benzene rings is 1. The molecule has 0 aliphatic carbocycles. The van der Waals surface area contributed by atoms with Gasteiger partial charge in [0.25, 0.3) is 0 Å². The van der Waals surface area contributed by atoms with Crippen LogP contribution >= 0.6 is 11.6 Å². The summed E-state index contributed by atoms with van der Waals surface area (Å²) in [5.41, 5.74) is 2.93. The van der Waals surface area contributed by atoms with Gasteiger partial charge in [-0.2, -0.15) is 0 Å². The number of carbonyl (C=O) groups is 1. The first kappa shape index (κ1) is 12.7. The molecule has 2 aromatic heterocycles. The Hall–Kier alpha value is -2.33. The maximum atomic E-state index is 11.1. The Morgan fingerprint density at radius 1 is 1.10 bits per heavy atom. The Labute approximate surface area is 120 Å². The van der Waals surface area contributed by atoms with Gasteiger partial charge < -0.3 is 0 Å². The van der Waals surface area contributed by atoms with E-state index in [2.05, 4.69) is 15.0 Å². The Balaban J connectivity index is 2.10. The maximum absolute atomic E-state index is 11.1. The fourth-order valence-corrected chi connectivity index (χ4v) is 2.35. The summed E-state index contributed by atoms with van der Waals surface area (Å²) < 4.78 is 0. The topological polar surface area (TPSA) is 55.7 Å². The maximum Gasteiger partial charge on any atom is 0.155 e. The molecular formula is C15H10ClN3O. The fraction of sp³-hybridized carbons (Fsp3) is 0.0667. The number of halogens is 1. The van der Waals surface area contributed by atoms with Crippen molar-refractivity contribution in [2.45, 2.75) is 6.42 Å². The second kappa shape index (κ2) is 5.35. The lowest BCUT2D eigenvalue weighted by atomic mass is 10.0. The summed E-state index contributed by atoms with van der Waals surface area (Å²) in [5.74, 6) is 0. The van der Waals surface area contributed by atoms with Gasteiger partial charge in [0.1, 0.15) is 11.5 Å². The number of fused-ring (bicyclic) bond motifs is 1. The van der Waals surface area contributed by atoms with Crippen molar-refractivity contribution < 1.29 is 4.79 Å². The highest BCUT2D eigenvalue weighted by Gasteiger charge is 2.11. The van der Waals surface area contributed by atoms with Crippen LogP contribution in [0, 0.1) is 0 Å². The molecule has 20 heavy (non-hydrogen) atoms. The summed E-state index contributed by atoms with van der Waals surface area (Å²) in [4.78, 5) is 23.4. The zero-order valence-electron chi connectivity index (χ0n) is 10.5. The van der Waals surface area contributed by atoms with Gasteiger partial charge >= 0.3 is 0 Å². The van der Waals surface area contributed by atoms with Crippen molar-refractivity contribution in [1.82, 2.24) is 15.0 Å². The first-order valence-electron chi connectivity index (χ1n) is 6.07. The summed E-state index contributed by atoms with van der Waals surface area (Å²) >= 11 is 5.92. The van der Waals surface area contributed by atoms with Crippen LogP contribution in [0.15, 0.2) is 42.9 Å². The molecule has 0 saturated heterocycles. The Bertz CT molecular complexity index is 784. The molecule has 3 aromatic rings. The highest BCUT2D eigenvalue weighted by molar-refractivity contribution is 6.31. The van der Waals surface area contributed by atoms with Crippen LogP contribution in [0.5, 0.6) is 0 Å². The number of carbonyl (C=O) groups excluding carboxylic acids is 1. The number of para-hydroxylation sites is 1. The minimum absolute atomic E-state index is 0.184. The van der Waals surface area contributed by atoms with E-state index in [0.717, 1.165) is 16.5 Å². The van der Waals surface area contributed by atoms with Gasteiger partial charge in [0.2, 0.25) is 0 Å². The van der Waals surface area contributed by atoms with Crippen molar-refractivity contribution >= 4 is 28.8 Å². The van der Waals surface area contributed by atoms with E-state index in [9.17, 15) is 4.79 Å². The first-order chi connectivity index (χ1) is 9.79. The van der Waals surface area contributed by atoms with E-state index in [1.807, 2.05) is 30.3 Å². The van der Waals surface area contributed by atoms with E-state index in [-0.39, 0.29) is 5.15 Å². The van der Waals surface area contributed by atoms with E-state index in [1.165, 1.54) is 6.33 Å². The second-order valence-electron chi connectivity index (χ2n) is 4.31. The Morgan fingerprint density at radius 2 is 1.95 bits per heavy atom. The van der Waals surface area contributed by atoms with E-state index < -0.39 is 0 Å². The van der Waals surface area contributed by atoms with Crippen LogP contribution in [-0.2, 0) is 6.42 Å². The molecule has 0 bridgehead atoms. The zero-order valence-corrected chi connectivity index (χ0v) is 11.2. The van der Waals surface area contributed by atoms with Crippen molar-refractivity contribution in [3.63, 3.8) is 0 Å². The number of aldehydes is 1. The average molecular weight is 284 g/mol. The monoisotopic (exact) mass is 283 g/mol. The third kappa shape index (κ3) is 2.26. The van der Waals surface area contributed by atoms with Crippen LogP contribution in [-0.4, -0.2) is 21.2 Å². The molecule has 5 heteroatoms. The lowest BCUT2D eigenvalue weighted by Crippen LogP contribution is -2.01. The molecule has 2 heterocycles. The Kier molecular flexibility index (Phi) is 3.39. The van der Waals surface area contributed by atoms with Crippen LogP contribution in [0.25, 0.3) is 10.9 Å². The first-order valence-corrected chi connectivity index (χ1v) is 6.44. The number of aromatic nitrogens is 3. The minimum atomic E-state index is 0.184. The van der Waals surface area contributed by atoms with Gasteiger partial charge in [-0.25, -0.2) is 9.97 Å². The van der Waals surface area contributed by atoms with Crippen molar-refractivity contribution in [2.24, 2.45) is 0 Å². The predicted octanol–water partition coefficient (Wildman–Crippen LogP) is 3.08. The van der Waals surface area contributed by atoms with Gasteiger partial charge in [-0.05, 0) is 17.7 Å². The van der Waals surface area contributed by atoms with Crippen molar-refractivity contribution in [2.75, 3.05) is 0 Å². The highest BCUT2D eigenvalue weighted by atomic mass is 35.5. The predicted molar refractivity (Wildman–Crippen MR) is 77.0 cm³/mol. The van der Waals surface area contributed by atoms with Gasteiger partial charge in [0, 0.05) is 18.0 Å². The lowest BCUT2D eigenvalue weighted by molar-refractivity contribution is 0.112. The molecule has 3 rings (SSSR count). The molecule has 0 saturated carbocycles. The third-order valence-corrected chi connectivity index (χ3v) is 3.43. The second-order valence-corrected chi connectivity index (χ2v) is 4.66. The van der Waals surface area contributed by atoms with Crippen LogP contribution < -0.4 is 0 Å². The van der Waals surface area contributed by atoms with E-state index >= 15 is 0 Å². The SMILES string of the molecule is O=Cc1c(Cl)ncnc1Cc1ccnc2ccccc12. The van der Waals surface area contributed by atoms with Crippen LogP contribution in [0.1, 0.15) is 21.6 Å².